The lowest BCUT2D eigenvalue weighted by Crippen LogP contribution is -2.16. The van der Waals surface area contributed by atoms with Gasteiger partial charge >= 0.3 is 0 Å². The Balaban J connectivity index is 2.77. The summed E-state index contributed by atoms with van der Waals surface area (Å²) in [5, 5.41) is 17.5. The van der Waals surface area contributed by atoms with Crippen molar-refractivity contribution >= 4 is 11.7 Å². The average molecular weight is 255 g/mol. The van der Waals surface area contributed by atoms with Crippen LogP contribution >= 0.6 is 0 Å². The Hall–Kier alpha value is -2.18. The molecule has 0 bridgehead atoms. The number of nitro benzene ring substituents is 1. The van der Waals surface area contributed by atoms with Crippen molar-refractivity contribution in [2.45, 2.75) is 19.3 Å². The molecule has 1 rings (SSSR count). The second-order valence-corrected chi connectivity index (χ2v) is 3.87. The van der Waals surface area contributed by atoms with E-state index in [1.165, 1.54) is 6.07 Å². The molecule has 0 saturated carbocycles. The smallest absolute Gasteiger partial charge is 0.278 e. The van der Waals surface area contributed by atoms with E-state index in [1.54, 1.807) is 6.92 Å². The molecule has 6 nitrogen and oxygen atoms in total. The molecule has 1 atom stereocenters. The number of hydrogen-bond donors (Lipinski definition) is 2. The molecule has 18 heavy (non-hydrogen) atoms. The maximum atomic E-state index is 13.5. The minimum Gasteiger partial charge on any atom is -0.466 e. The number of ether oxygens (including phenoxy) is 1. The maximum Gasteiger partial charge on any atom is 0.278 e. The first-order valence-corrected chi connectivity index (χ1v) is 5.32. The highest BCUT2D eigenvalue weighted by Gasteiger charge is 2.16. The van der Waals surface area contributed by atoms with Crippen LogP contribution in [0.4, 0.5) is 10.1 Å². The fourth-order valence-electron chi connectivity index (χ4n) is 1.52. The van der Waals surface area contributed by atoms with E-state index in [0.29, 0.717) is 6.42 Å². The van der Waals surface area contributed by atoms with Crippen LogP contribution in [0.3, 0.4) is 0 Å². The summed E-state index contributed by atoms with van der Waals surface area (Å²) in [6.45, 7) is 1.89. The van der Waals surface area contributed by atoms with E-state index in [-0.39, 0.29) is 23.8 Å². The zero-order chi connectivity index (χ0) is 13.7. The molecule has 7 heteroatoms. The van der Waals surface area contributed by atoms with Gasteiger partial charge in [0.15, 0.2) is 0 Å². The SMILES string of the molecule is C[C@H](CCOC(=N)N)c1cc([N+](=O)[O-])ccc1F. The summed E-state index contributed by atoms with van der Waals surface area (Å²) in [7, 11) is 0. The first-order chi connectivity index (χ1) is 8.41. The van der Waals surface area contributed by atoms with Gasteiger partial charge in [-0.1, -0.05) is 6.92 Å². The Kier molecular flexibility index (Phi) is 4.59. The Bertz CT molecular complexity index is 465. The van der Waals surface area contributed by atoms with E-state index in [4.69, 9.17) is 15.9 Å². The van der Waals surface area contributed by atoms with Crippen LogP contribution in [0, 0.1) is 21.3 Å². The van der Waals surface area contributed by atoms with Crippen LogP contribution in [0.1, 0.15) is 24.8 Å². The van der Waals surface area contributed by atoms with Gasteiger partial charge in [0.2, 0.25) is 0 Å². The standard InChI is InChI=1S/C11H14FN3O3/c1-7(4-5-18-11(13)14)9-6-8(15(16)17)2-3-10(9)12/h2-3,6-7H,4-5H2,1H3,(H3,13,14)/t7-/m1/s1. The first-order valence-electron chi connectivity index (χ1n) is 5.32. The number of amidine groups is 1. The summed E-state index contributed by atoms with van der Waals surface area (Å²) in [5.41, 5.74) is 5.12. The van der Waals surface area contributed by atoms with Gasteiger partial charge in [-0.2, -0.15) is 0 Å². The van der Waals surface area contributed by atoms with Crippen molar-refractivity contribution < 1.29 is 14.1 Å². The highest BCUT2D eigenvalue weighted by atomic mass is 19.1. The van der Waals surface area contributed by atoms with Crippen molar-refractivity contribution in [2.75, 3.05) is 6.61 Å². The largest absolute Gasteiger partial charge is 0.466 e. The van der Waals surface area contributed by atoms with Gasteiger partial charge in [-0.05, 0) is 24.0 Å². The van der Waals surface area contributed by atoms with Gasteiger partial charge in [-0.3, -0.25) is 15.5 Å². The van der Waals surface area contributed by atoms with Crippen LogP contribution in [0.15, 0.2) is 18.2 Å². The molecule has 1 aromatic rings. The molecule has 0 fully saturated rings. The van der Waals surface area contributed by atoms with Gasteiger partial charge < -0.3 is 10.5 Å². The number of nitrogens with zero attached hydrogens (tertiary/aromatic N) is 1. The van der Waals surface area contributed by atoms with Gasteiger partial charge in [0.25, 0.3) is 11.7 Å². The van der Waals surface area contributed by atoms with Crippen molar-refractivity contribution in [1.82, 2.24) is 0 Å². The van der Waals surface area contributed by atoms with E-state index in [0.717, 1.165) is 12.1 Å². The minimum absolute atomic E-state index is 0.147. The van der Waals surface area contributed by atoms with E-state index in [9.17, 15) is 14.5 Å². The number of hydrogen-bond acceptors (Lipinski definition) is 4. The Morgan fingerprint density at radius 1 is 1.67 bits per heavy atom. The normalized spacial score (nSPS) is 11.9. The molecule has 0 aromatic heterocycles. The topological polar surface area (TPSA) is 102 Å². The molecule has 0 amide bonds. The van der Waals surface area contributed by atoms with Crippen LogP contribution in [0.2, 0.25) is 0 Å². The second kappa shape index (κ2) is 5.95. The monoisotopic (exact) mass is 255 g/mol. The first kappa shape index (κ1) is 13.9. The molecular weight excluding hydrogens is 241 g/mol. The highest BCUT2D eigenvalue weighted by molar-refractivity contribution is 5.67. The fourth-order valence-corrected chi connectivity index (χ4v) is 1.52. The third kappa shape index (κ3) is 3.69. The van der Waals surface area contributed by atoms with E-state index in [1.807, 2.05) is 0 Å². The molecule has 0 radical (unpaired) electrons. The summed E-state index contributed by atoms with van der Waals surface area (Å²) in [6, 6.07) is 3.02. The predicted molar refractivity (Wildman–Crippen MR) is 64.0 cm³/mol. The van der Waals surface area contributed by atoms with Crippen molar-refractivity contribution in [1.29, 1.82) is 5.41 Å². The van der Waals surface area contributed by atoms with Crippen LogP contribution in [-0.2, 0) is 4.74 Å². The maximum absolute atomic E-state index is 13.5. The van der Waals surface area contributed by atoms with Gasteiger partial charge in [0, 0.05) is 12.1 Å². The number of rotatable bonds is 5. The Morgan fingerprint density at radius 2 is 2.33 bits per heavy atom. The summed E-state index contributed by atoms with van der Waals surface area (Å²) >= 11 is 0. The van der Waals surface area contributed by atoms with Gasteiger partial charge in [-0.15, -0.1) is 0 Å². The lowest BCUT2D eigenvalue weighted by Gasteiger charge is -2.12. The lowest BCUT2D eigenvalue weighted by atomic mass is 9.97. The molecule has 1 aromatic carbocycles. The third-order valence-electron chi connectivity index (χ3n) is 2.53. The number of non-ortho nitro benzene ring substituents is 1. The third-order valence-corrected chi connectivity index (χ3v) is 2.53. The van der Waals surface area contributed by atoms with Crippen molar-refractivity contribution in [3.63, 3.8) is 0 Å². The van der Waals surface area contributed by atoms with Gasteiger partial charge in [0.05, 0.1) is 11.5 Å². The Labute approximate surface area is 103 Å². The number of halogens is 1. The molecule has 98 valence electrons. The van der Waals surface area contributed by atoms with E-state index < -0.39 is 16.8 Å². The van der Waals surface area contributed by atoms with Crippen molar-refractivity contribution in [3.05, 3.63) is 39.7 Å². The molecule has 0 aliphatic carbocycles. The molecule has 0 spiro atoms. The van der Waals surface area contributed by atoms with Gasteiger partial charge in [0.1, 0.15) is 5.82 Å². The number of nitrogens with one attached hydrogen (secondary N) is 1. The minimum atomic E-state index is -0.568. The zero-order valence-electron chi connectivity index (χ0n) is 9.85. The second-order valence-electron chi connectivity index (χ2n) is 3.87. The van der Waals surface area contributed by atoms with Crippen LogP contribution < -0.4 is 5.73 Å². The molecule has 0 aliphatic rings. The van der Waals surface area contributed by atoms with Crippen molar-refractivity contribution in [3.8, 4) is 0 Å². The fraction of sp³-hybridized carbons (Fsp3) is 0.364. The quantitative estimate of drug-likeness (QED) is 0.364. The molecule has 3 N–H and O–H groups in total. The summed E-state index contributed by atoms with van der Waals surface area (Å²) in [5.74, 6) is -0.750. The molecule has 0 unspecified atom stereocenters. The van der Waals surface area contributed by atoms with Crippen LogP contribution in [0.5, 0.6) is 0 Å². The predicted octanol–water partition coefficient (Wildman–Crippen LogP) is 2.14. The highest BCUT2D eigenvalue weighted by Crippen LogP contribution is 2.26. The zero-order valence-corrected chi connectivity index (χ0v) is 9.85. The van der Waals surface area contributed by atoms with Crippen molar-refractivity contribution in [2.24, 2.45) is 5.73 Å². The lowest BCUT2D eigenvalue weighted by molar-refractivity contribution is -0.385. The molecule has 0 aliphatic heterocycles. The molecular formula is C11H14FN3O3. The van der Waals surface area contributed by atoms with E-state index in [2.05, 4.69) is 0 Å². The van der Waals surface area contributed by atoms with Crippen LogP contribution in [0.25, 0.3) is 0 Å². The average Bonchev–Trinajstić information content (AvgIpc) is 2.28. The summed E-state index contributed by atoms with van der Waals surface area (Å²) in [4.78, 5) is 10.0. The van der Waals surface area contributed by atoms with Gasteiger partial charge in [-0.25, -0.2) is 4.39 Å². The van der Waals surface area contributed by atoms with Crippen LogP contribution in [-0.4, -0.2) is 17.6 Å². The Morgan fingerprint density at radius 3 is 2.89 bits per heavy atom. The van der Waals surface area contributed by atoms with E-state index >= 15 is 0 Å². The molecule has 0 heterocycles. The summed E-state index contributed by atoms with van der Waals surface area (Å²) in [6.07, 6.45) is 0.414. The number of nitro groups is 1. The summed E-state index contributed by atoms with van der Waals surface area (Å²) < 4.78 is 18.3. The number of nitrogens with two attached hydrogens (primary N) is 1. The number of benzene rings is 1. The molecule has 0 saturated heterocycles.